The Labute approximate surface area is 145 Å². The zero-order valence-corrected chi connectivity index (χ0v) is 14.3. The van der Waals surface area contributed by atoms with Crippen LogP contribution in [0.2, 0.25) is 0 Å². The van der Waals surface area contributed by atoms with Gasteiger partial charge in [0.15, 0.2) is 0 Å². The first-order chi connectivity index (χ1) is 11.5. The molecule has 0 aromatic carbocycles. The second-order valence-electron chi connectivity index (χ2n) is 5.40. The van der Waals surface area contributed by atoms with Crippen LogP contribution >= 0.6 is 0 Å². The summed E-state index contributed by atoms with van der Waals surface area (Å²) < 4.78 is 59.5. The van der Waals surface area contributed by atoms with Crippen LogP contribution in [0.3, 0.4) is 0 Å². The third kappa shape index (κ3) is 7.25. The molecule has 0 saturated carbocycles. The molecule has 0 spiro atoms. The lowest BCUT2D eigenvalue weighted by atomic mass is 10.1. The largest absolute Gasteiger partial charge is 0.433 e. The third-order valence-corrected chi connectivity index (χ3v) is 3.25. The fourth-order valence-corrected chi connectivity index (χ4v) is 1.67. The topological polar surface area (TPSA) is 33.0 Å². The Hall–Kier alpha value is -2.55. The predicted octanol–water partition coefficient (Wildman–Crippen LogP) is 6.44. The average Bonchev–Trinajstić information content (AvgIpc) is 2.52. The fraction of sp³-hybridized carbons (Fsp3) is 0.316. The first-order valence-corrected chi connectivity index (χ1v) is 7.44. The van der Waals surface area contributed by atoms with E-state index in [2.05, 4.69) is 31.1 Å². The summed E-state index contributed by atoms with van der Waals surface area (Å²) in [6, 6.07) is 1.48. The van der Waals surface area contributed by atoms with Crippen molar-refractivity contribution in [2.45, 2.75) is 32.8 Å². The molecule has 0 heterocycles. The van der Waals surface area contributed by atoms with E-state index in [0.717, 1.165) is 6.08 Å². The minimum absolute atomic E-state index is 0.193. The molecule has 0 N–H and O–H groups in total. The Morgan fingerprint density at radius 2 is 1.72 bits per heavy atom. The summed E-state index contributed by atoms with van der Waals surface area (Å²) in [5, 5.41) is 8.51. The summed E-state index contributed by atoms with van der Waals surface area (Å²) >= 11 is 0. The van der Waals surface area contributed by atoms with Gasteiger partial charge in [-0.3, -0.25) is 0 Å². The molecule has 0 saturated heterocycles. The molecule has 136 valence electrons. The smallest absolute Gasteiger partial charge is 0.400 e. The standard InChI is InChI=1S/C19H21F4NO/c1-7-8-14(4)19(22,23)25-15(5)10-18(21)16(6)12(2)9-17(20)13(3)11-24/h9-10,14H,2-3,5-8H2,1,4H3/b17-9+,18-10+. The number of hydrogen-bond donors (Lipinski definition) is 0. The molecular formula is C19H21F4NO. The van der Waals surface area contributed by atoms with E-state index in [1.807, 2.05) is 0 Å². The van der Waals surface area contributed by atoms with Crippen molar-refractivity contribution in [1.29, 1.82) is 5.26 Å². The third-order valence-electron chi connectivity index (χ3n) is 3.25. The summed E-state index contributed by atoms with van der Waals surface area (Å²) in [4.78, 5) is 0. The zero-order valence-electron chi connectivity index (χ0n) is 14.3. The molecule has 1 atom stereocenters. The highest BCUT2D eigenvalue weighted by molar-refractivity contribution is 5.50. The van der Waals surface area contributed by atoms with Crippen LogP contribution in [0.15, 0.2) is 72.6 Å². The van der Waals surface area contributed by atoms with Crippen molar-refractivity contribution >= 4 is 0 Å². The van der Waals surface area contributed by atoms with Crippen LogP contribution in [-0.2, 0) is 4.74 Å². The second-order valence-corrected chi connectivity index (χ2v) is 5.40. The van der Waals surface area contributed by atoms with E-state index < -0.39 is 35.0 Å². The van der Waals surface area contributed by atoms with Crippen molar-refractivity contribution in [3.63, 3.8) is 0 Å². The van der Waals surface area contributed by atoms with Crippen molar-refractivity contribution in [3.05, 3.63) is 72.6 Å². The SMILES string of the molecule is C=C(/C=C(/F)C(=C)C(=C)/C=C(/F)C(=C)C#N)OC(F)(F)C(C)CCC. The Kier molecular flexibility index (Phi) is 8.69. The van der Waals surface area contributed by atoms with Crippen LogP contribution in [0.1, 0.15) is 26.7 Å². The van der Waals surface area contributed by atoms with Crippen LogP contribution in [-0.4, -0.2) is 6.11 Å². The monoisotopic (exact) mass is 355 g/mol. The number of rotatable bonds is 10. The van der Waals surface area contributed by atoms with Gasteiger partial charge in [-0.15, -0.1) is 0 Å². The molecule has 2 nitrogen and oxygen atoms in total. The van der Waals surface area contributed by atoms with Gasteiger partial charge in [0.1, 0.15) is 23.5 Å². The van der Waals surface area contributed by atoms with Crippen LogP contribution in [0.25, 0.3) is 0 Å². The normalized spacial score (nSPS) is 13.6. The summed E-state index contributed by atoms with van der Waals surface area (Å²) in [6.45, 7) is 16.2. The lowest BCUT2D eigenvalue weighted by molar-refractivity contribution is -0.244. The molecule has 25 heavy (non-hydrogen) atoms. The number of hydrogen-bond acceptors (Lipinski definition) is 2. The van der Waals surface area contributed by atoms with E-state index in [1.54, 1.807) is 6.92 Å². The highest BCUT2D eigenvalue weighted by atomic mass is 19.3. The minimum atomic E-state index is -3.50. The van der Waals surface area contributed by atoms with Crippen molar-refractivity contribution in [2.75, 3.05) is 0 Å². The second kappa shape index (κ2) is 9.67. The predicted molar refractivity (Wildman–Crippen MR) is 90.7 cm³/mol. The highest BCUT2D eigenvalue weighted by Gasteiger charge is 2.38. The molecule has 0 radical (unpaired) electrons. The molecular weight excluding hydrogens is 334 g/mol. The maximum absolute atomic E-state index is 14.0. The van der Waals surface area contributed by atoms with Crippen molar-refractivity contribution in [3.8, 4) is 6.07 Å². The Morgan fingerprint density at radius 1 is 1.16 bits per heavy atom. The molecule has 0 aliphatic heterocycles. The van der Waals surface area contributed by atoms with Gasteiger partial charge in [-0.1, -0.05) is 46.6 Å². The number of nitrogens with zero attached hydrogens (tertiary/aromatic N) is 1. The van der Waals surface area contributed by atoms with E-state index in [1.165, 1.54) is 13.0 Å². The highest BCUT2D eigenvalue weighted by Crippen LogP contribution is 2.32. The summed E-state index contributed by atoms with van der Waals surface area (Å²) in [7, 11) is 0. The molecule has 0 aromatic rings. The first-order valence-electron chi connectivity index (χ1n) is 7.44. The lowest BCUT2D eigenvalue weighted by Crippen LogP contribution is -2.29. The number of alkyl halides is 2. The Balaban J connectivity index is 5.10. The maximum atomic E-state index is 14.0. The van der Waals surface area contributed by atoms with E-state index in [0.29, 0.717) is 12.5 Å². The quantitative estimate of drug-likeness (QED) is 0.195. The van der Waals surface area contributed by atoms with Gasteiger partial charge in [-0.25, -0.2) is 8.78 Å². The fourth-order valence-electron chi connectivity index (χ4n) is 1.67. The first kappa shape index (κ1) is 22.4. The summed E-state index contributed by atoms with van der Waals surface area (Å²) in [5.74, 6) is -3.75. The van der Waals surface area contributed by atoms with Crippen LogP contribution in [0, 0.1) is 17.2 Å². The Bertz CT molecular complexity index is 665. The molecule has 0 aliphatic rings. The van der Waals surface area contributed by atoms with Gasteiger partial charge in [0.05, 0.1) is 11.5 Å². The van der Waals surface area contributed by atoms with E-state index >= 15 is 0 Å². The zero-order chi connectivity index (χ0) is 19.8. The van der Waals surface area contributed by atoms with Gasteiger partial charge in [-0.2, -0.15) is 14.0 Å². The van der Waals surface area contributed by atoms with Crippen molar-refractivity contribution < 1.29 is 22.3 Å². The number of nitriles is 1. The van der Waals surface area contributed by atoms with Crippen LogP contribution < -0.4 is 0 Å². The molecule has 0 fully saturated rings. The number of allylic oxidation sites excluding steroid dienone is 7. The molecule has 1 unspecified atom stereocenters. The van der Waals surface area contributed by atoms with Gasteiger partial charge in [0, 0.05) is 11.6 Å². The van der Waals surface area contributed by atoms with E-state index in [9.17, 15) is 17.6 Å². The Morgan fingerprint density at radius 3 is 2.20 bits per heavy atom. The molecule has 0 rings (SSSR count). The minimum Gasteiger partial charge on any atom is -0.433 e. The summed E-state index contributed by atoms with van der Waals surface area (Å²) in [6.07, 6.45) is -1.35. The maximum Gasteiger partial charge on any atom is 0.400 e. The number of halogens is 4. The van der Waals surface area contributed by atoms with E-state index in [-0.39, 0.29) is 17.6 Å². The van der Waals surface area contributed by atoms with Crippen molar-refractivity contribution in [1.82, 2.24) is 0 Å². The molecule has 0 bridgehead atoms. The molecule has 0 amide bonds. The van der Waals surface area contributed by atoms with Gasteiger partial charge >= 0.3 is 6.11 Å². The van der Waals surface area contributed by atoms with Crippen LogP contribution in [0.5, 0.6) is 0 Å². The molecule has 6 heteroatoms. The van der Waals surface area contributed by atoms with Gasteiger partial charge in [0.25, 0.3) is 0 Å². The van der Waals surface area contributed by atoms with Gasteiger partial charge < -0.3 is 4.74 Å². The molecule has 0 aliphatic carbocycles. The molecule has 0 aromatic heterocycles. The lowest BCUT2D eigenvalue weighted by Gasteiger charge is -2.24. The van der Waals surface area contributed by atoms with Crippen molar-refractivity contribution in [2.24, 2.45) is 5.92 Å². The average molecular weight is 355 g/mol. The van der Waals surface area contributed by atoms with E-state index in [4.69, 9.17) is 5.26 Å². The van der Waals surface area contributed by atoms with Crippen LogP contribution in [0.4, 0.5) is 17.6 Å². The van der Waals surface area contributed by atoms with Gasteiger partial charge in [0.2, 0.25) is 0 Å². The summed E-state index contributed by atoms with van der Waals surface area (Å²) in [5.41, 5.74) is -1.02. The number of ether oxygens (including phenoxy) is 1. The van der Waals surface area contributed by atoms with Gasteiger partial charge in [-0.05, 0) is 18.1 Å².